The summed E-state index contributed by atoms with van der Waals surface area (Å²) < 4.78 is 37.2. The van der Waals surface area contributed by atoms with Crippen LogP contribution in [0.5, 0.6) is 0 Å². The first-order valence-electron chi connectivity index (χ1n) is 6.40. The zero-order chi connectivity index (χ0) is 13.9. The SMILES string of the molecule is CCN(CC1CCCN1)c1ccc(C(F)(F)F)nn1. The van der Waals surface area contributed by atoms with E-state index in [0.717, 1.165) is 32.0 Å². The van der Waals surface area contributed by atoms with Crippen LogP contribution in [0.25, 0.3) is 0 Å². The summed E-state index contributed by atoms with van der Waals surface area (Å²) in [5.41, 5.74) is -0.953. The van der Waals surface area contributed by atoms with E-state index in [-0.39, 0.29) is 0 Å². The lowest BCUT2D eigenvalue weighted by atomic mass is 10.2. The molecule has 1 N–H and O–H groups in total. The van der Waals surface area contributed by atoms with Gasteiger partial charge in [-0.3, -0.25) is 0 Å². The third-order valence-electron chi connectivity index (χ3n) is 3.25. The second-order valence-electron chi connectivity index (χ2n) is 4.61. The molecule has 0 amide bonds. The number of rotatable bonds is 4. The smallest absolute Gasteiger partial charge is 0.354 e. The van der Waals surface area contributed by atoms with Gasteiger partial charge in [-0.05, 0) is 38.4 Å². The Labute approximate surface area is 110 Å². The Kier molecular flexibility index (Phi) is 4.24. The number of likely N-dealkylation sites (N-methyl/N-ethyl adjacent to an activating group) is 1. The van der Waals surface area contributed by atoms with Crippen molar-refractivity contribution in [2.75, 3.05) is 24.5 Å². The van der Waals surface area contributed by atoms with Gasteiger partial charge in [0.2, 0.25) is 0 Å². The topological polar surface area (TPSA) is 41.0 Å². The number of aromatic nitrogens is 2. The van der Waals surface area contributed by atoms with Crippen LogP contribution in [0, 0.1) is 0 Å². The van der Waals surface area contributed by atoms with Crippen molar-refractivity contribution < 1.29 is 13.2 Å². The van der Waals surface area contributed by atoms with Gasteiger partial charge in [-0.1, -0.05) is 0 Å². The fourth-order valence-electron chi connectivity index (χ4n) is 2.21. The summed E-state index contributed by atoms with van der Waals surface area (Å²) in [6, 6.07) is 2.74. The number of hydrogen-bond acceptors (Lipinski definition) is 4. The van der Waals surface area contributed by atoms with Crippen molar-refractivity contribution in [3.63, 3.8) is 0 Å². The van der Waals surface area contributed by atoms with Crippen molar-refractivity contribution >= 4 is 5.82 Å². The van der Waals surface area contributed by atoms with Gasteiger partial charge in [0.25, 0.3) is 0 Å². The number of hydrogen-bond donors (Lipinski definition) is 1. The van der Waals surface area contributed by atoms with Crippen molar-refractivity contribution in [1.29, 1.82) is 0 Å². The summed E-state index contributed by atoms with van der Waals surface area (Å²) in [5, 5.41) is 10.3. The lowest BCUT2D eigenvalue weighted by molar-refractivity contribution is -0.141. The maximum atomic E-state index is 12.4. The van der Waals surface area contributed by atoms with E-state index >= 15 is 0 Å². The van der Waals surface area contributed by atoms with E-state index in [1.54, 1.807) is 0 Å². The largest absolute Gasteiger partial charge is 0.435 e. The molecule has 7 heteroatoms. The molecule has 1 fully saturated rings. The van der Waals surface area contributed by atoms with Crippen molar-refractivity contribution in [3.8, 4) is 0 Å². The van der Waals surface area contributed by atoms with Gasteiger partial charge < -0.3 is 10.2 Å². The van der Waals surface area contributed by atoms with Crippen LogP contribution in [0.2, 0.25) is 0 Å². The van der Waals surface area contributed by atoms with Crippen molar-refractivity contribution in [3.05, 3.63) is 17.8 Å². The van der Waals surface area contributed by atoms with E-state index in [2.05, 4.69) is 15.5 Å². The molecule has 106 valence electrons. The van der Waals surface area contributed by atoms with Crippen LogP contribution in [-0.4, -0.2) is 35.9 Å². The maximum Gasteiger partial charge on any atom is 0.435 e. The molecule has 1 aromatic heterocycles. The van der Waals surface area contributed by atoms with Crippen LogP contribution < -0.4 is 10.2 Å². The molecule has 1 aromatic rings. The van der Waals surface area contributed by atoms with E-state index in [1.165, 1.54) is 6.07 Å². The minimum Gasteiger partial charge on any atom is -0.354 e. The predicted molar refractivity (Wildman–Crippen MR) is 65.9 cm³/mol. The number of halogens is 3. The third kappa shape index (κ3) is 3.56. The van der Waals surface area contributed by atoms with Crippen molar-refractivity contribution in [2.24, 2.45) is 0 Å². The van der Waals surface area contributed by atoms with Gasteiger partial charge in [0.05, 0.1) is 0 Å². The summed E-state index contributed by atoms with van der Waals surface area (Å²) in [5.74, 6) is 0.490. The zero-order valence-electron chi connectivity index (χ0n) is 10.7. The molecule has 0 radical (unpaired) electrons. The van der Waals surface area contributed by atoms with Crippen LogP contribution in [0.4, 0.5) is 19.0 Å². The molecule has 1 unspecified atom stereocenters. The summed E-state index contributed by atoms with van der Waals surface area (Å²) >= 11 is 0. The molecule has 0 aliphatic carbocycles. The Morgan fingerprint density at radius 1 is 1.37 bits per heavy atom. The summed E-state index contributed by atoms with van der Waals surface area (Å²) in [6.45, 7) is 4.39. The first-order valence-corrected chi connectivity index (χ1v) is 6.40. The monoisotopic (exact) mass is 274 g/mol. The lowest BCUT2D eigenvalue weighted by Crippen LogP contribution is -2.38. The summed E-state index contributed by atoms with van der Waals surface area (Å²) in [7, 11) is 0. The molecule has 19 heavy (non-hydrogen) atoms. The minimum absolute atomic E-state index is 0.379. The first kappa shape index (κ1) is 14.0. The molecule has 2 rings (SSSR count). The average Bonchev–Trinajstić information content (AvgIpc) is 2.88. The molecule has 1 saturated heterocycles. The highest BCUT2D eigenvalue weighted by Gasteiger charge is 2.33. The van der Waals surface area contributed by atoms with Gasteiger partial charge in [0.1, 0.15) is 0 Å². The van der Waals surface area contributed by atoms with Crippen LogP contribution >= 0.6 is 0 Å². The second-order valence-corrected chi connectivity index (χ2v) is 4.61. The minimum atomic E-state index is -4.43. The quantitative estimate of drug-likeness (QED) is 0.912. The van der Waals surface area contributed by atoms with Gasteiger partial charge in [-0.25, -0.2) is 0 Å². The van der Waals surface area contributed by atoms with E-state index in [0.29, 0.717) is 18.4 Å². The Hall–Kier alpha value is -1.37. The highest BCUT2D eigenvalue weighted by Crippen LogP contribution is 2.27. The van der Waals surface area contributed by atoms with Crippen LogP contribution in [0.15, 0.2) is 12.1 Å². The molecule has 1 atom stereocenters. The molecule has 1 aliphatic heterocycles. The van der Waals surface area contributed by atoms with Crippen LogP contribution in [0.3, 0.4) is 0 Å². The normalized spacial score (nSPS) is 19.7. The predicted octanol–water partition coefficient (Wildman–Crippen LogP) is 2.07. The molecular weight excluding hydrogens is 257 g/mol. The molecule has 0 bridgehead atoms. The molecule has 4 nitrogen and oxygen atoms in total. The zero-order valence-corrected chi connectivity index (χ0v) is 10.7. The van der Waals surface area contributed by atoms with Crippen molar-refractivity contribution in [2.45, 2.75) is 32.0 Å². The molecule has 0 saturated carbocycles. The standard InChI is InChI=1S/C12H17F3N4/c1-2-19(8-9-4-3-7-16-9)11-6-5-10(17-18-11)12(13,14)15/h5-6,9,16H,2-4,7-8H2,1H3. The molecule has 1 aliphatic rings. The van der Waals surface area contributed by atoms with E-state index in [4.69, 9.17) is 0 Å². The van der Waals surface area contributed by atoms with Gasteiger partial charge in [0, 0.05) is 19.1 Å². The van der Waals surface area contributed by atoms with Crippen molar-refractivity contribution in [1.82, 2.24) is 15.5 Å². The highest BCUT2D eigenvalue weighted by molar-refractivity contribution is 5.37. The van der Waals surface area contributed by atoms with Gasteiger partial charge >= 0.3 is 6.18 Å². The van der Waals surface area contributed by atoms with Gasteiger partial charge in [0.15, 0.2) is 11.5 Å². The molecule has 0 spiro atoms. The van der Waals surface area contributed by atoms with E-state index < -0.39 is 11.9 Å². The number of nitrogens with one attached hydrogen (secondary N) is 1. The number of nitrogens with zero attached hydrogens (tertiary/aromatic N) is 3. The van der Waals surface area contributed by atoms with Gasteiger partial charge in [-0.15, -0.1) is 10.2 Å². The first-order chi connectivity index (χ1) is 9.00. The second kappa shape index (κ2) is 5.73. The fourth-order valence-corrected chi connectivity index (χ4v) is 2.21. The van der Waals surface area contributed by atoms with E-state index in [9.17, 15) is 13.2 Å². The third-order valence-corrected chi connectivity index (χ3v) is 3.25. The highest BCUT2D eigenvalue weighted by atomic mass is 19.4. The van der Waals surface area contributed by atoms with E-state index in [1.807, 2.05) is 11.8 Å². The Morgan fingerprint density at radius 3 is 2.63 bits per heavy atom. The molecule has 0 aromatic carbocycles. The van der Waals surface area contributed by atoms with Crippen LogP contribution in [0.1, 0.15) is 25.5 Å². The van der Waals surface area contributed by atoms with Crippen LogP contribution in [-0.2, 0) is 6.18 Å². The fraction of sp³-hybridized carbons (Fsp3) is 0.667. The lowest BCUT2D eigenvalue weighted by Gasteiger charge is -2.25. The average molecular weight is 274 g/mol. The molecule has 2 heterocycles. The number of alkyl halides is 3. The van der Waals surface area contributed by atoms with Gasteiger partial charge in [-0.2, -0.15) is 13.2 Å². The Bertz CT molecular complexity index is 398. The summed E-state index contributed by atoms with van der Waals surface area (Å²) in [4.78, 5) is 1.94. The Balaban J connectivity index is 2.05. The summed E-state index contributed by atoms with van der Waals surface area (Å²) in [6.07, 6.45) is -2.21. The number of anilines is 1. The maximum absolute atomic E-state index is 12.4. The Morgan fingerprint density at radius 2 is 2.16 bits per heavy atom. The molecular formula is C12H17F3N4.